The van der Waals surface area contributed by atoms with Gasteiger partial charge in [0.1, 0.15) is 0 Å². The van der Waals surface area contributed by atoms with Gasteiger partial charge in [-0.05, 0) is 31.9 Å². The number of carbonyl (C=O) groups is 2. The minimum absolute atomic E-state index is 0.0350. The van der Waals surface area contributed by atoms with Crippen LogP contribution in [0.5, 0.6) is 0 Å². The van der Waals surface area contributed by atoms with E-state index in [0.717, 1.165) is 25.7 Å². The molecule has 2 amide bonds. The summed E-state index contributed by atoms with van der Waals surface area (Å²) in [6.07, 6.45) is 4.38. The van der Waals surface area contributed by atoms with Crippen molar-refractivity contribution in [2.75, 3.05) is 5.32 Å². The average Bonchev–Trinajstić information content (AvgIpc) is 2.47. The summed E-state index contributed by atoms with van der Waals surface area (Å²) in [4.78, 5) is 24.1. The number of rotatable bonds is 8. The number of amides is 2. The molecule has 0 aromatic heterocycles. The molecular formula is C17H26N2O2. The average molecular weight is 290 g/mol. The fourth-order valence-electron chi connectivity index (χ4n) is 1.94. The first-order valence-corrected chi connectivity index (χ1v) is 7.78. The van der Waals surface area contributed by atoms with Gasteiger partial charge in [0, 0.05) is 12.5 Å². The molecule has 0 saturated carbocycles. The molecule has 4 nitrogen and oxygen atoms in total. The Labute approximate surface area is 127 Å². The molecule has 0 bridgehead atoms. The van der Waals surface area contributed by atoms with Gasteiger partial charge in [-0.3, -0.25) is 9.59 Å². The summed E-state index contributed by atoms with van der Waals surface area (Å²) >= 11 is 0. The van der Waals surface area contributed by atoms with Crippen molar-refractivity contribution in [2.24, 2.45) is 0 Å². The molecule has 0 spiro atoms. The maximum Gasteiger partial charge on any atom is 0.253 e. The van der Waals surface area contributed by atoms with Crippen LogP contribution in [0.2, 0.25) is 0 Å². The third-order valence-electron chi connectivity index (χ3n) is 3.44. The number of hydrogen-bond donors (Lipinski definition) is 2. The van der Waals surface area contributed by atoms with E-state index in [0.29, 0.717) is 17.7 Å². The predicted molar refractivity (Wildman–Crippen MR) is 86.4 cm³/mol. The Morgan fingerprint density at radius 3 is 2.52 bits per heavy atom. The number of nitrogens with one attached hydrogen (secondary N) is 2. The summed E-state index contributed by atoms with van der Waals surface area (Å²) in [5.41, 5.74) is 1.10. The monoisotopic (exact) mass is 290 g/mol. The minimum atomic E-state index is -0.145. The van der Waals surface area contributed by atoms with Gasteiger partial charge in [0.2, 0.25) is 5.91 Å². The Morgan fingerprint density at radius 2 is 1.86 bits per heavy atom. The summed E-state index contributed by atoms with van der Waals surface area (Å²) in [6, 6.07) is 7.24. The molecule has 2 N–H and O–H groups in total. The van der Waals surface area contributed by atoms with Gasteiger partial charge in [-0.1, -0.05) is 38.8 Å². The molecule has 21 heavy (non-hydrogen) atoms. The third kappa shape index (κ3) is 5.98. The molecule has 0 aliphatic heterocycles. The highest BCUT2D eigenvalue weighted by atomic mass is 16.2. The van der Waals surface area contributed by atoms with Crippen LogP contribution in [0.3, 0.4) is 0 Å². The lowest BCUT2D eigenvalue weighted by Crippen LogP contribution is -2.32. The lowest BCUT2D eigenvalue weighted by molar-refractivity contribution is -0.116. The molecule has 0 saturated heterocycles. The summed E-state index contributed by atoms with van der Waals surface area (Å²) in [5, 5.41) is 5.76. The molecule has 0 fully saturated rings. The Hall–Kier alpha value is -1.84. The number of para-hydroxylation sites is 1. The van der Waals surface area contributed by atoms with E-state index in [1.807, 2.05) is 19.9 Å². The first-order chi connectivity index (χ1) is 10.1. The standard InChI is InChI=1S/C17H26N2O2/c1-4-6-7-12-16(20)19-15-11-9-8-10-14(15)17(21)18-13(3)5-2/h8-11,13H,4-7,12H2,1-3H3,(H,18,21)(H,19,20). The highest BCUT2D eigenvalue weighted by Crippen LogP contribution is 2.16. The molecule has 4 heteroatoms. The zero-order valence-corrected chi connectivity index (χ0v) is 13.2. The normalized spacial score (nSPS) is 11.8. The first-order valence-electron chi connectivity index (χ1n) is 7.78. The van der Waals surface area contributed by atoms with Gasteiger partial charge in [-0.25, -0.2) is 0 Å². The molecular weight excluding hydrogens is 264 g/mol. The number of benzene rings is 1. The van der Waals surface area contributed by atoms with Crippen molar-refractivity contribution in [3.05, 3.63) is 29.8 Å². The van der Waals surface area contributed by atoms with Crippen LogP contribution in [0.4, 0.5) is 5.69 Å². The second-order valence-corrected chi connectivity index (χ2v) is 5.33. The molecule has 1 aromatic rings. The van der Waals surface area contributed by atoms with Crippen molar-refractivity contribution in [1.82, 2.24) is 5.32 Å². The summed E-state index contributed by atoms with van der Waals surface area (Å²) in [7, 11) is 0. The Bertz CT molecular complexity index is 472. The smallest absolute Gasteiger partial charge is 0.253 e. The van der Waals surface area contributed by atoms with Gasteiger partial charge >= 0.3 is 0 Å². The molecule has 0 aliphatic rings. The zero-order chi connectivity index (χ0) is 15.7. The van der Waals surface area contributed by atoms with Crippen molar-refractivity contribution in [3.8, 4) is 0 Å². The lowest BCUT2D eigenvalue weighted by Gasteiger charge is -2.14. The van der Waals surface area contributed by atoms with E-state index in [1.165, 1.54) is 0 Å². The summed E-state index contributed by atoms with van der Waals surface area (Å²) in [6.45, 7) is 6.09. The number of hydrogen-bond acceptors (Lipinski definition) is 2. The van der Waals surface area contributed by atoms with E-state index in [-0.39, 0.29) is 17.9 Å². The lowest BCUT2D eigenvalue weighted by atomic mass is 10.1. The highest BCUT2D eigenvalue weighted by Gasteiger charge is 2.14. The second kappa shape index (κ2) is 9.16. The second-order valence-electron chi connectivity index (χ2n) is 5.33. The SMILES string of the molecule is CCCCCC(=O)Nc1ccccc1C(=O)NC(C)CC. The zero-order valence-electron chi connectivity index (χ0n) is 13.2. The minimum Gasteiger partial charge on any atom is -0.350 e. The Kier molecular flexibility index (Phi) is 7.51. The Morgan fingerprint density at radius 1 is 1.14 bits per heavy atom. The van der Waals surface area contributed by atoms with Gasteiger partial charge in [0.05, 0.1) is 11.3 Å². The number of anilines is 1. The van der Waals surface area contributed by atoms with E-state index < -0.39 is 0 Å². The molecule has 0 aliphatic carbocycles. The van der Waals surface area contributed by atoms with Crippen LogP contribution in [0, 0.1) is 0 Å². The van der Waals surface area contributed by atoms with Gasteiger partial charge < -0.3 is 10.6 Å². The fourth-order valence-corrected chi connectivity index (χ4v) is 1.94. The van der Waals surface area contributed by atoms with E-state index >= 15 is 0 Å². The summed E-state index contributed by atoms with van der Waals surface area (Å²) < 4.78 is 0. The van der Waals surface area contributed by atoms with E-state index in [9.17, 15) is 9.59 Å². The van der Waals surface area contributed by atoms with Crippen LogP contribution in [-0.2, 0) is 4.79 Å². The van der Waals surface area contributed by atoms with Crippen molar-refractivity contribution < 1.29 is 9.59 Å². The van der Waals surface area contributed by atoms with Crippen LogP contribution in [0.15, 0.2) is 24.3 Å². The maximum atomic E-state index is 12.2. The van der Waals surface area contributed by atoms with E-state index in [2.05, 4.69) is 17.6 Å². The predicted octanol–water partition coefficient (Wildman–Crippen LogP) is 3.73. The van der Waals surface area contributed by atoms with E-state index in [1.54, 1.807) is 18.2 Å². The molecule has 1 atom stereocenters. The number of carbonyl (C=O) groups excluding carboxylic acids is 2. The molecule has 1 unspecified atom stereocenters. The van der Waals surface area contributed by atoms with Gasteiger partial charge in [-0.2, -0.15) is 0 Å². The third-order valence-corrected chi connectivity index (χ3v) is 3.44. The fraction of sp³-hybridized carbons (Fsp3) is 0.529. The molecule has 0 radical (unpaired) electrons. The molecule has 116 valence electrons. The van der Waals surface area contributed by atoms with Crippen molar-refractivity contribution >= 4 is 17.5 Å². The van der Waals surface area contributed by atoms with Crippen LogP contribution in [0.25, 0.3) is 0 Å². The van der Waals surface area contributed by atoms with Crippen molar-refractivity contribution in [3.63, 3.8) is 0 Å². The number of unbranched alkanes of at least 4 members (excludes halogenated alkanes) is 2. The van der Waals surface area contributed by atoms with Gasteiger partial charge in [0.25, 0.3) is 5.91 Å². The summed E-state index contributed by atoms with van der Waals surface area (Å²) in [5.74, 6) is -0.180. The highest BCUT2D eigenvalue weighted by molar-refractivity contribution is 6.03. The van der Waals surface area contributed by atoms with Crippen LogP contribution < -0.4 is 10.6 Å². The van der Waals surface area contributed by atoms with Gasteiger partial charge in [-0.15, -0.1) is 0 Å². The van der Waals surface area contributed by atoms with Gasteiger partial charge in [0.15, 0.2) is 0 Å². The van der Waals surface area contributed by atoms with Crippen LogP contribution in [-0.4, -0.2) is 17.9 Å². The molecule has 1 aromatic carbocycles. The largest absolute Gasteiger partial charge is 0.350 e. The quantitative estimate of drug-likeness (QED) is 0.717. The Balaban J connectivity index is 2.70. The molecule has 0 heterocycles. The van der Waals surface area contributed by atoms with Crippen molar-refractivity contribution in [2.45, 2.75) is 58.9 Å². The maximum absolute atomic E-state index is 12.2. The van der Waals surface area contributed by atoms with E-state index in [4.69, 9.17) is 0 Å². The van der Waals surface area contributed by atoms with Crippen LogP contribution >= 0.6 is 0 Å². The van der Waals surface area contributed by atoms with Crippen LogP contribution in [0.1, 0.15) is 63.2 Å². The first kappa shape index (κ1) is 17.2. The van der Waals surface area contributed by atoms with Crippen molar-refractivity contribution in [1.29, 1.82) is 0 Å². The topological polar surface area (TPSA) is 58.2 Å². The molecule has 1 rings (SSSR count).